The molecule has 0 saturated heterocycles. The van der Waals surface area contributed by atoms with Gasteiger partial charge in [0.25, 0.3) is 0 Å². The Hall–Kier alpha value is -1.31. The molecule has 1 aromatic heterocycles. The number of rotatable bonds is 7. The molecule has 6 nitrogen and oxygen atoms in total. The van der Waals surface area contributed by atoms with Crippen molar-refractivity contribution < 1.29 is 13.2 Å². The molecule has 0 atom stereocenters. The van der Waals surface area contributed by atoms with Crippen LogP contribution in [0, 0.1) is 0 Å². The number of alkyl halides is 1. The molecule has 2 aromatic rings. The van der Waals surface area contributed by atoms with Gasteiger partial charge in [-0.15, -0.1) is 11.6 Å². The van der Waals surface area contributed by atoms with Gasteiger partial charge in [-0.3, -0.25) is 0 Å². The first-order valence-corrected chi connectivity index (χ1v) is 8.91. The molecule has 0 saturated carbocycles. The molecular formula is C13H18ClN3O3S. The van der Waals surface area contributed by atoms with Gasteiger partial charge in [-0.2, -0.15) is 0 Å². The molecule has 0 bridgehead atoms. The van der Waals surface area contributed by atoms with E-state index in [-0.39, 0.29) is 0 Å². The predicted molar refractivity (Wildman–Crippen MR) is 83.3 cm³/mol. The highest BCUT2D eigenvalue weighted by Gasteiger charge is 2.11. The van der Waals surface area contributed by atoms with Crippen molar-refractivity contribution in [3.05, 3.63) is 24.0 Å². The summed E-state index contributed by atoms with van der Waals surface area (Å²) in [6.07, 6.45) is 1.80. The standard InChI is InChI=1S/C13H18ClN3O3S/c1-20-10-4-5-11-12(8-10)17(13(9-14)16-11)7-3-6-15-21(2,18)19/h4-5,8,15H,3,6-7,9H2,1-2H3. The summed E-state index contributed by atoms with van der Waals surface area (Å²) in [4.78, 5) is 4.47. The average Bonchev–Trinajstić information content (AvgIpc) is 2.79. The molecule has 0 aliphatic rings. The van der Waals surface area contributed by atoms with Crippen LogP contribution < -0.4 is 9.46 Å². The molecule has 0 fully saturated rings. The molecule has 21 heavy (non-hydrogen) atoms. The number of methoxy groups -OCH3 is 1. The number of benzene rings is 1. The van der Waals surface area contributed by atoms with Crippen molar-refractivity contribution in [3.8, 4) is 5.75 Å². The monoisotopic (exact) mass is 331 g/mol. The van der Waals surface area contributed by atoms with Crippen LogP contribution in [0.3, 0.4) is 0 Å². The number of nitrogens with zero attached hydrogens (tertiary/aromatic N) is 2. The van der Waals surface area contributed by atoms with Crippen LogP contribution in [0.2, 0.25) is 0 Å². The molecule has 8 heteroatoms. The SMILES string of the molecule is COc1ccc2nc(CCl)n(CCCNS(C)(=O)=O)c2c1. The van der Waals surface area contributed by atoms with Gasteiger partial charge in [-0.25, -0.2) is 18.1 Å². The molecule has 0 amide bonds. The fourth-order valence-corrected chi connectivity index (χ4v) is 2.84. The van der Waals surface area contributed by atoms with E-state index in [1.807, 2.05) is 22.8 Å². The molecule has 1 heterocycles. The van der Waals surface area contributed by atoms with Crippen LogP contribution in [0.25, 0.3) is 11.0 Å². The molecule has 0 spiro atoms. The van der Waals surface area contributed by atoms with E-state index < -0.39 is 10.0 Å². The van der Waals surface area contributed by atoms with E-state index in [4.69, 9.17) is 16.3 Å². The third kappa shape index (κ3) is 4.09. The number of hydrogen-bond donors (Lipinski definition) is 1. The summed E-state index contributed by atoms with van der Waals surface area (Å²) in [6, 6.07) is 5.64. The minimum atomic E-state index is -3.15. The molecule has 0 aliphatic carbocycles. The third-order valence-corrected chi connectivity index (χ3v) is 4.04. The number of fused-ring (bicyclic) bond motifs is 1. The summed E-state index contributed by atoms with van der Waals surface area (Å²) in [6.45, 7) is 1.01. The number of halogens is 1. The highest BCUT2D eigenvalue weighted by molar-refractivity contribution is 7.88. The van der Waals surface area contributed by atoms with E-state index in [2.05, 4.69) is 9.71 Å². The highest BCUT2D eigenvalue weighted by atomic mass is 35.5. The minimum Gasteiger partial charge on any atom is -0.497 e. The van der Waals surface area contributed by atoms with Crippen molar-refractivity contribution >= 4 is 32.7 Å². The Morgan fingerprint density at radius 2 is 2.19 bits per heavy atom. The number of imidazole rings is 1. The number of nitrogens with one attached hydrogen (secondary N) is 1. The Morgan fingerprint density at radius 3 is 2.81 bits per heavy atom. The molecular weight excluding hydrogens is 314 g/mol. The molecule has 0 radical (unpaired) electrons. The van der Waals surface area contributed by atoms with Gasteiger partial charge in [0.2, 0.25) is 10.0 Å². The summed E-state index contributed by atoms with van der Waals surface area (Å²) in [5.74, 6) is 1.81. The number of sulfonamides is 1. The topological polar surface area (TPSA) is 73.2 Å². The van der Waals surface area contributed by atoms with Crippen molar-refractivity contribution in [1.82, 2.24) is 14.3 Å². The lowest BCUT2D eigenvalue weighted by Gasteiger charge is -2.08. The van der Waals surface area contributed by atoms with Gasteiger partial charge in [0.15, 0.2) is 0 Å². The first kappa shape index (κ1) is 16.1. The molecule has 0 unspecified atom stereocenters. The summed E-state index contributed by atoms with van der Waals surface area (Å²) in [5, 5.41) is 0. The van der Waals surface area contributed by atoms with E-state index in [0.717, 1.165) is 28.9 Å². The van der Waals surface area contributed by atoms with E-state index in [1.165, 1.54) is 0 Å². The van der Waals surface area contributed by atoms with Crippen LogP contribution in [0.15, 0.2) is 18.2 Å². The second kappa shape index (κ2) is 6.64. The third-order valence-electron chi connectivity index (χ3n) is 3.08. The Balaban J connectivity index is 2.20. The fourth-order valence-electron chi connectivity index (χ4n) is 2.13. The molecule has 1 aromatic carbocycles. The average molecular weight is 332 g/mol. The quantitative estimate of drug-likeness (QED) is 0.619. The molecule has 116 valence electrons. The van der Waals surface area contributed by atoms with Gasteiger partial charge in [0.1, 0.15) is 11.6 Å². The van der Waals surface area contributed by atoms with Gasteiger partial charge < -0.3 is 9.30 Å². The fraction of sp³-hybridized carbons (Fsp3) is 0.462. The lowest BCUT2D eigenvalue weighted by Crippen LogP contribution is -2.24. The first-order chi connectivity index (χ1) is 9.94. The highest BCUT2D eigenvalue weighted by Crippen LogP contribution is 2.23. The van der Waals surface area contributed by atoms with Crippen molar-refractivity contribution in [1.29, 1.82) is 0 Å². The van der Waals surface area contributed by atoms with Crippen LogP contribution in [0.1, 0.15) is 12.2 Å². The van der Waals surface area contributed by atoms with E-state index in [9.17, 15) is 8.42 Å². The zero-order valence-corrected chi connectivity index (χ0v) is 13.5. The van der Waals surface area contributed by atoms with Gasteiger partial charge >= 0.3 is 0 Å². The Kier molecular flexibility index (Phi) is 5.08. The zero-order valence-electron chi connectivity index (χ0n) is 12.0. The van der Waals surface area contributed by atoms with Crippen LogP contribution in [-0.2, 0) is 22.4 Å². The minimum absolute atomic E-state index is 0.302. The lowest BCUT2D eigenvalue weighted by molar-refractivity contribution is 0.415. The Bertz CT molecular complexity index is 728. The van der Waals surface area contributed by atoms with E-state index in [1.54, 1.807) is 7.11 Å². The molecule has 2 rings (SSSR count). The smallest absolute Gasteiger partial charge is 0.208 e. The number of aromatic nitrogens is 2. The van der Waals surface area contributed by atoms with Crippen molar-refractivity contribution in [2.24, 2.45) is 0 Å². The normalized spacial score (nSPS) is 12.0. The second-order valence-corrected chi connectivity index (χ2v) is 6.79. The predicted octanol–water partition coefficient (Wildman–Crippen LogP) is 1.72. The van der Waals surface area contributed by atoms with E-state index in [0.29, 0.717) is 25.4 Å². The van der Waals surface area contributed by atoms with Crippen molar-refractivity contribution in [2.75, 3.05) is 19.9 Å². The van der Waals surface area contributed by atoms with Gasteiger partial charge in [-0.05, 0) is 18.6 Å². The number of ether oxygens (including phenoxy) is 1. The van der Waals surface area contributed by atoms with Gasteiger partial charge in [0, 0.05) is 19.2 Å². The van der Waals surface area contributed by atoms with Crippen LogP contribution >= 0.6 is 11.6 Å². The van der Waals surface area contributed by atoms with Crippen LogP contribution in [0.5, 0.6) is 5.75 Å². The lowest BCUT2D eigenvalue weighted by atomic mass is 10.3. The largest absolute Gasteiger partial charge is 0.497 e. The Morgan fingerprint density at radius 1 is 1.43 bits per heavy atom. The molecule has 1 N–H and O–H groups in total. The zero-order chi connectivity index (χ0) is 15.5. The van der Waals surface area contributed by atoms with Gasteiger partial charge in [-0.1, -0.05) is 0 Å². The molecule has 0 aliphatic heterocycles. The maximum atomic E-state index is 11.0. The summed E-state index contributed by atoms with van der Waals surface area (Å²) in [7, 11) is -1.54. The van der Waals surface area contributed by atoms with Crippen molar-refractivity contribution in [2.45, 2.75) is 18.8 Å². The second-order valence-electron chi connectivity index (χ2n) is 4.69. The van der Waals surface area contributed by atoms with Gasteiger partial charge in [0.05, 0.1) is 30.3 Å². The van der Waals surface area contributed by atoms with Crippen LogP contribution in [-0.4, -0.2) is 37.9 Å². The number of aryl methyl sites for hydroxylation is 1. The Labute approximate surface area is 129 Å². The number of hydrogen-bond acceptors (Lipinski definition) is 4. The van der Waals surface area contributed by atoms with Crippen LogP contribution in [0.4, 0.5) is 0 Å². The van der Waals surface area contributed by atoms with E-state index >= 15 is 0 Å². The van der Waals surface area contributed by atoms with Crippen molar-refractivity contribution in [3.63, 3.8) is 0 Å². The first-order valence-electron chi connectivity index (χ1n) is 6.48. The summed E-state index contributed by atoms with van der Waals surface area (Å²) < 4.78 is 31.8. The maximum absolute atomic E-state index is 11.0. The summed E-state index contributed by atoms with van der Waals surface area (Å²) >= 11 is 5.94. The maximum Gasteiger partial charge on any atom is 0.208 e. The summed E-state index contributed by atoms with van der Waals surface area (Å²) in [5.41, 5.74) is 1.78.